The molecular weight excluding hydrogens is 442 g/mol. The zero-order chi connectivity index (χ0) is 23.9. The van der Waals surface area contributed by atoms with Crippen LogP contribution in [-0.2, 0) is 16.0 Å². The van der Waals surface area contributed by atoms with Crippen molar-refractivity contribution in [2.24, 2.45) is 0 Å². The van der Waals surface area contributed by atoms with Crippen molar-refractivity contribution < 1.29 is 14.3 Å². The largest absolute Gasteiger partial charge is 0.483 e. The van der Waals surface area contributed by atoms with Crippen LogP contribution in [-0.4, -0.2) is 41.2 Å². The van der Waals surface area contributed by atoms with Gasteiger partial charge in [-0.25, -0.2) is 0 Å². The van der Waals surface area contributed by atoms with Crippen LogP contribution in [0.15, 0.2) is 66.1 Å². The fourth-order valence-corrected chi connectivity index (χ4v) is 5.22. The maximum absolute atomic E-state index is 13.5. The Morgan fingerprint density at radius 3 is 2.86 bits per heavy atom. The van der Waals surface area contributed by atoms with E-state index in [0.717, 1.165) is 57.7 Å². The van der Waals surface area contributed by atoms with Gasteiger partial charge in [-0.05, 0) is 43.5 Å². The van der Waals surface area contributed by atoms with Gasteiger partial charge in [-0.2, -0.15) is 0 Å². The smallest absolute Gasteiger partial charge is 0.263 e. The minimum Gasteiger partial charge on any atom is -0.483 e. The van der Waals surface area contributed by atoms with E-state index in [1.165, 1.54) is 0 Å². The molecule has 1 saturated heterocycles. The van der Waals surface area contributed by atoms with Gasteiger partial charge in [0, 0.05) is 46.5 Å². The fourth-order valence-electron chi connectivity index (χ4n) is 5.22. The normalized spacial score (nSPS) is 15.9. The second-order valence-electron chi connectivity index (χ2n) is 8.90. The number of aromatic nitrogens is 2. The average molecular weight is 468 g/mol. The number of allylic oxidation sites excluding steroid dienone is 1. The number of ether oxygens (including phenoxy) is 2. The van der Waals surface area contributed by atoms with E-state index in [-0.39, 0.29) is 24.2 Å². The van der Waals surface area contributed by atoms with Crippen molar-refractivity contribution in [1.29, 1.82) is 0 Å². The molecule has 4 heterocycles. The van der Waals surface area contributed by atoms with Gasteiger partial charge < -0.3 is 14.8 Å². The predicted octanol–water partition coefficient (Wildman–Crippen LogP) is 3.99. The number of carbonyl (C=O) groups excluding carboxylic acids is 1. The summed E-state index contributed by atoms with van der Waals surface area (Å²) < 4.78 is 13.3. The molecule has 1 aliphatic heterocycles. The molecule has 1 atom stereocenters. The highest BCUT2D eigenvalue weighted by Crippen LogP contribution is 2.38. The van der Waals surface area contributed by atoms with Gasteiger partial charge in [-0.15, -0.1) is 6.58 Å². The molecule has 6 rings (SSSR count). The second-order valence-corrected chi connectivity index (χ2v) is 8.90. The van der Waals surface area contributed by atoms with Crippen molar-refractivity contribution in [1.82, 2.24) is 14.7 Å². The molecule has 2 aromatic carbocycles. The summed E-state index contributed by atoms with van der Waals surface area (Å²) in [6.07, 6.45) is 6.18. The molecule has 0 radical (unpaired) electrons. The van der Waals surface area contributed by atoms with Gasteiger partial charge in [0.25, 0.3) is 11.5 Å². The van der Waals surface area contributed by atoms with Gasteiger partial charge in [0.1, 0.15) is 5.75 Å². The van der Waals surface area contributed by atoms with Gasteiger partial charge in [-0.3, -0.25) is 19.0 Å². The fraction of sp³-hybridized carbons (Fsp3) is 0.250. The zero-order valence-corrected chi connectivity index (χ0v) is 19.3. The SMILES string of the molecule is C=CCc1c(OCC(=O)NCC2CCCO2)ccc2c1c1ccnc3c4ccccc4c(=O)n2c13. The molecular formula is C28H25N3O4. The first-order valence-corrected chi connectivity index (χ1v) is 11.9. The van der Waals surface area contributed by atoms with Crippen molar-refractivity contribution in [2.75, 3.05) is 19.8 Å². The average Bonchev–Trinajstić information content (AvgIpc) is 3.52. The summed E-state index contributed by atoms with van der Waals surface area (Å²) in [4.78, 5) is 30.6. The molecule has 35 heavy (non-hydrogen) atoms. The third-order valence-electron chi connectivity index (χ3n) is 6.78. The van der Waals surface area contributed by atoms with Crippen molar-refractivity contribution in [3.8, 4) is 5.75 Å². The van der Waals surface area contributed by atoms with E-state index in [1.807, 2.05) is 42.5 Å². The van der Waals surface area contributed by atoms with Crippen LogP contribution in [0.25, 0.3) is 38.1 Å². The summed E-state index contributed by atoms with van der Waals surface area (Å²) >= 11 is 0. The maximum Gasteiger partial charge on any atom is 0.263 e. The minimum absolute atomic E-state index is 0.0761. The molecule has 0 spiro atoms. The molecule has 0 aliphatic carbocycles. The number of hydrogen-bond donors (Lipinski definition) is 1. The molecule has 5 aromatic rings. The molecule has 7 heteroatoms. The van der Waals surface area contributed by atoms with E-state index in [4.69, 9.17) is 9.47 Å². The summed E-state index contributed by atoms with van der Waals surface area (Å²) in [6.45, 7) is 5.07. The Morgan fingerprint density at radius 2 is 2.06 bits per heavy atom. The summed E-state index contributed by atoms with van der Waals surface area (Å²) in [5, 5.41) is 6.21. The maximum atomic E-state index is 13.5. The molecule has 3 aromatic heterocycles. The van der Waals surface area contributed by atoms with E-state index >= 15 is 0 Å². The highest BCUT2D eigenvalue weighted by molar-refractivity contribution is 6.19. The van der Waals surface area contributed by atoms with Crippen molar-refractivity contribution in [3.05, 3.63) is 77.2 Å². The van der Waals surface area contributed by atoms with Crippen LogP contribution < -0.4 is 15.6 Å². The van der Waals surface area contributed by atoms with Gasteiger partial charge in [0.2, 0.25) is 0 Å². The third-order valence-corrected chi connectivity index (χ3v) is 6.78. The number of nitrogens with one attached hydrogen (secondary N) is 1. The Labute approximate surface area is 201 Å². The van der Waals surface area contributed by atoms with Crippen LogP contribution in [0.5, 0.6) is 5.75 Å². The van der Waals surface area contributed by atoms with Crippen LogP contribution in [0.1, 0.15) is 18.4 Å². The van der Waals surface area contributed by atoms with Gasteiger partial charge >= 0.3 is 0 Å². The lowest BCUT2D eigenvalue weighted by Crippen LogP contribution is -2.35. The van der Waals surface area contributed by atoms with Crippen LogP contribution in [0.3, 0.4) is 0 Å². The highest BCUT2D eigenvalue weighted by Gasteiger charge is 2.22. The topological polar surface area (TPSA) is 81.9 Å². The van der Waals surface area contributed by atoms with Crippen molar-refractivity contribution in [2.45, 2.75) is 25.4 Å². The van der Waals surface area contributed by atoms with Crippen LogP contribution in [0, 0.1) is 0 Å². The number of amides is 1. The highest BCUT2D eigenvalue weighted by atomic mass is 16.5. The Hall–Kier alpha value is -3.97. The number of pyridine rings is 2. The van der Waals surface area contributed by atoms with E-state index in [0.29, 0.717) is 24.1 Å². The number of rotatable bonds is 7. The second kappa shape index (κ2) is 8.67. The van der Waals surface area contributed by atoms with Crippen molar-refractivity contribution >= 4 is 44.0 Å². The number of fused-ring (bicyclic) bond motifs is 5. The number of hydrogen-bond acceptors (Lipinski definition) is 5. The van der Waals surface area contributed by atoms with E-state index in [9.17, 15) is 9.59 Å². The molecule has 0 saturated carbocycles. The van der Waals surface area contributed by atoms with Crippen LogP contribution >= 0.6 is 0 Å². The quantitative estimate of drug-likeness (QED) is 0.289. The summed E-state index contributed by atoms with van der Waals surface area (Å²) in [6, 6.07) is 13.2. The van der Waals surface area contributed by atoms with E-state index in [1.54, 1.807) is 16.7 Å². The van der Waals surface area contributed by atoms with Gasteiger partial charge in [0.15, 0.2) is 6.61 Å². The van der Waals surface area contributed by atoms with Gasteiger partial charge in [0.05, 0.1) is 22.7 Å². The zero-order valence-electron chi connectivity index (χ0n) is 19.3. The Balaban J connectivity index is 1.45. The molecule has 1 unspecified atom stereocenters. The lowest BCUT2D eigenvalue weighted by atomic mass is 10.0. The molecule has 1 N–H and O–H groups in total. The first-order chi connectivity index (χ1) is 17.2. The number of benzene rings is 2. The van der Waals surface area contributed by atoms with Crippen molar-refractivity contribution in [3.63, 3.8) is 0 Å². The van der Waals surface area contributed by atoms with E-state index < -0.39 is 0 Å². The molecule has 1 fully saturated rings. The standard InChI is InChI=1S/C28H25N3O4/c1-2-6-20-23(35-16-24(32)30-15-17-7-5-14-34-17)11-10-22-25(20)21-12-13-29-26-18-8-3-4-9-19(18)28(33)31(22)27(21)26/h2-4,8-13,17H,1,5-7,14-16H2,(H,30,32). The first-order valence-electron chi connectivity index (χ1n) is 11.9. The minimum atomic E-state index is -0.192. The molecule has 176 valence electrons. The molecule has 7 nitrogen and oxygen atoms in total. The lowest BCUT2D eigenvalue weighted by molar-refractivity contribution is -0.123. The number of nitrogens with zero attached hydrogens (tertiary/aromatic N) is 2. The number of carbonyl (C=O) groups is 1. The molecule has 1 amide bonds. The Kier molecular flexibility index (Phi) is 5.34. The summed E-state index contributed by atoms with van der Waals surface area (Å²) in [7, 11) is 0. The summed E-state index contributed by atoms with van der Waals surface area (Å²) in [5.74, 6) is 0.411. The van der Waals surface area contributed by atoms with Crippen LogP contribution in [0.2, 0.25) is 0 Å². The Morgan fingerprint density at radius 1 is 1.20 bits per heavy atom. The lowest BCUT2D eigenvalue weighted by Gasteiger charge is -2.14. The molecule has 1 aliphatic rings. The van der Waals surface area contributed by atoms with Gasteiger partial charge in [-0.1, -0.05) is 24.3 Å². The summed E-state index contributed by atoms with van der Waals surface area (Å²) in [5.41, 5.74) is 3.19. The Bertz CT molecular complexity index is 1650. The van der Waals surface area contributed by atoms with Crippen LogP contribution in [0.4, 0.5) is 0 Å². The van der Waals surface area contributed by atoms with E-state index in [2.05, 4.69) is 16.9 Å². The third kappa shape index (κ3) is 3.51. The molecule has 0 bridgehead atoms. The monoisotopic (exact) mass is 467 g/mol. The predicted molar refractivity (Wildman–Crippen MR) is 137 cm³/mol. The first kappa shape index (κ1) is 21.6.